The standard InChI is InChI=1S/C15H22ClN3O2/c1-4-14(20)18-11-5-6-12(16)13(9-11)19-15(21)7-8-17-10(2)3/h5-6,9-10,17H,4,7-8H2,1-3H3,(H,18,20)(H,19,21). The number of hydrogen-bond acceptors (Lipinski definition) is 3. The van der Waals surface area contributed by atoms with Crippen molar-refractivity contribution in [2.24, 2.45) is 0 Å². The largest absolute Gasteiger partial charge is 0.326 e. The summed E-state index contributed by atoms with van der Waals surface area (Å²) in [4.78, 5) is 23.2. The fraction of sp³-hybridized carbons (Fsp3) is 0.467. The molecule has 2 amide bonds. The van der Waals surface area contributed by atoms with Gasteiger partial charge in [-0.1, -0.05) is 32.4 Å². The first kappa shape index (κ1) is 17.5. The van der Waals surface area contributed by atoms with E-state index in [0.717, 1.165) is 0 Å². The molecule has 1 aromatic rings. The van der Waals surface area contributed by atoms with Gasteiger partial charge in [0.1, 0.15) is 0 Å². The minimum atomic E-state index is -0.121. The summed E-state index contributed by atoms with van der Waals surface area (Å²) in [5.41, 5.74) is 1.11. The predicted octanol–water partition coefficient (Wildman–Crippen LogP) is 3.02. The summed E-state index contributed by atoms with van der Waals surface area (Å²) in [7, 11) is 0. The van der Waals surface area contributed by atoms with E-state index in [4.69, 9.17) is 11.6 Å². The van der Waals surface area contributed by atoms with E-state index in [2.05, 4.69) is 16.0 Å². The minimum absolute atomic E-state index is 0.0873. The molecule has 1 aromatic carbocycles. The molecule has 0 aliphatic rings. The molecule has 0 aliphatic heterocycles. The van der Waals surface area contributed by atoms with Gasteiger partial charge in [-0.15, -0.1) is 0 Å². The van der Waals surface area contributed by atoms with E-state index in [-0.39, 0.29) is 11.8 Å². The number of nitrogens with one attached hydrogen (secondary N) is 3. The lowest BCUT2D eigenvalue weighted by Crippen LogP contribution is -2.27. The first-order valence-corrected chi connectivity index (χ1v) is 7.42. The molecule has 0 aliphatic carbocycles. The fourth-order valence-electron chi connectivity index (χ4n) is 1.64. The number of benzene rings is 1. The average molecular weight is 312 g/mol. The van der Waals surface area contributed by atoms with Crippen molar-refractivity contribution in [1.29, 1.82) is 0 Å². The molecule has 6 heteroatoms. The molecule has 1 rings (SSSR count). The molecular formula is C15H22ClN3O2. The Labute approximate surface area is 130 Å². The summed E-state index contributed by atoms with van der Waals surface area (Å²) >= 11 is 6.05. The van der Waals surface area contributed by atoms with Gasteiger partial charge < -0.3 is 16.0 Å². The van der Waals surface area contributed by atoms with Gasteiger partial charge in [0, 0.05) is 31.1 Å². The van der Waals surface area contributed by atoms with E-state index in [0.29, 0.717) is 41.8 Å². The van der Waals surface area contributed by atoms with Gasteiger partial charge in [-0.3, -0.25) is 9.59 Å². The third-order valence-corrected chi connectivity index (χ3v) is 3.08. The molecule has 3 N–H and O–H groups in total. The maximum Gasteiger partial charge on any atom is 0.225 e. The van der Waals surface area contributed by atoms with E-state index >= 15 is 0 Å². The van der Waals surface area contributed by atoms with Crippen LogP contribution in [0, 0.1) is 0 Å². The number of carbonyl (C=O) groups excluding carboxylic acids is 2. The summed E-state index contributed by atoms with van der Waals surface area (Å²) in [5.74, 6) is -0.209. The van der Waals surface area contributed by atoms with E-state index in [9.17, 15) is 9.59 Å². The van der Waals surface area contributed by atoms with Gasteiger partial charge in [0.25, 0.3) is 0 Å². The second kappa shape index (κ2) is 8.64. The van der Waals surface area contributed by atoms with Crippen molar-refractivity contribution in [1.82, 2.24) is 5.32 Å². The summed E-state index contributed by atoms with van der Waals surface area (Å²) in [6, 6.07) is 5.35. The lowest BCUT2D eigenvalue weighted by atomic mass is 10.2. The Morgan fingerprint density at radius 1 is 1.19 bits per heavy atom. The summed E-state index contributed by atoms with van der Waals surface area (Å²) in [6.45, 7) is 6.42. The molecule has 0 heterocycles. The molecule has 0 radical (unpaired) electrons. The van der Waals surface area contributed by atoms with Crippen LogP contribution in [0.3, 0.4) is 0 Å². The third-order valence-electron chi connectivity index (χ3n) is 2.75. The van der Waals surface area contributed by atoms with Gasteiger partial charge >= 0.3 is 0 Å². The van der Waals surface area contributed by atoms with Crippen molar-refractivity contribution >= 4 is 34.8 Å². The molecule has 21 heavy (non-hydrogen) atoms. The minimum Gasteiger partial charge on any atom is -0.326 e. The van der Waals surface area contributed by atoms with Gasteiger partial charge in [0.2, 0.25) is 11.8 Å². The van der Waals surface area contributed by atoms with Crippen LogP contribution >= 0.6 is 11.6 Å². The van der Waals surface area contributed by atoms with E-state index in [1.54, 1.807) is 25.1 Å². The first-order valence-electron chi connectivity index (χ1n) is 7.05. The highest BCUT2D eigenvalue weighted by Crippen LogP contribution is 2.25. The number of amides is 2. The molecular weight excluding hydrogens is 290 g/mol. The SMILES string of the molecule is CCC(=O)Nc1ccc(Cl)c(NC(=O)CCNC(C)C)c1. The molecule has 5 nitrogen and oxygen atoms in total. The van der Waals surface area contributed by atoms with Crippen molar-refractivity contribution < 1.29 is 9.59 Å². The number of hydrogen-bond donors (Lipinski definition) is 3. The number of anilines is 2. The molecule has 0 spiro atoms. The topological polar surface area (TPSA) is 70.2 Å². The fourth-order valence-corrected chi connectivity index (χ4v) is 1.80. The van der Waals surface area contributed by atoms with Crippen LogP contribution in [0.15, 0.2) is 18.2 Å². The zero-order valence-electron chi connectivity index (χ0n) is 12.6. The van der Waals surface area contributed by atoms with Crippen LogP contribution in [0.5, 0.6) is 0 Å². The zero-order valence-corrected chi connectivity index (χ0v) is 13.4. The van der Waals surface area contributed by atoms with Crippen LogP contribution in [-0.4, -0.2) is 24.4 Å². The maximum absolute atomic E-state index is 11.8. The van der Waals surface area contributed by atoms with Gasteiger partial charge in [-0.05, 0) is 18.2 Å². The molecule has 116 valence electrons. The van der Waals surface area contributed by atoms with Crippen LogP contribution in [0.4, 0.5) is 11.4 Å². The number of rotatable bonds is 7. The smallest absolute Gasteiger partial charge is 0.225 e. The van der Waals surface area contributed by atoms with Gasteiger partial charge in [0.05, 0.1) is 10.7 Å². The average Bonchev–Trinajstić information content (AvgIpc) is 2.42. The van der Waals surface area contributed by atoms with Crippen molar-refractivity contribution in [3.63, 3.8) is 0 Å². The highest BCUT2D eigenvalue weighted by Gasteiger charge is 2.08. The monoisotopic (exact) mass is 311 g/mol. The predicted molar refractivity (Wildman–Crippen MR) is 86.8 cm³/mol. The first-order chi connectivity index (χ1) is 9.92. The highest BCUT2D eigenvalue weighted by molar-refractivity contribution is 6.33. The second-order valence-corrected chi connectivity index (χ2v) is 5.41. The lowest BCUT2D eigenvalue weighted by Gasteiger charge is -2.11. The molecule has 0 unspecified atom stereocenters. The van der Waals surface area contributed by atoms with Gasteiger partial charge in [0.15, 0.2) is 0 Å². The Balaban J connectivity index is 2.62. The summed E-state index contributed by atoms with van der Waals surface area (Å²) in [6.07, 6.45) is 0.755. The quantitative estimate of drug-likeness (QED) is 0.725. The molecule has 0 saturated heterocycles. The van der Waals surface area contributed by atoms with E-state index in [1.807, 2.05) is 13.8 Å². The lowest BCUT2D eigenvalue weighted by molar-refractivity contribution is -0.116. The molecule has 0 atom stereocenters. The molecule has 0 aromatic heterocycles. The van der Waals surface area contributed by atoms with Crippen molar-refractivity contribution in [3.8, 4) is 0 Å². The normalized spacial score (nSPS) is 10.5. The van der Waals surface area contributed by atoms with Gasteiger partial charge in [-0.2, -0.15) is 0 Å². The van der Waals surface area contributed by atoms with Crippen LogP contribution in [0.25, 0.3) is 0 Å². The Morgan fingerprint density at radius 2 is 1.90 bits per heavy atom. The molecule has 0 fully saturated rings. The Morgan fingerprint density at radius 3 is 2.52 bits per heavy atom. The zero-order chi connectivity index (χ0) is 15.8. The van der Waals surface area contributed by atoms with Crippen molar-refractivity contribution in [2.45, 2.75) is 39.7 Å². The number of halogens is 1. The Kier molecular flexibility index (Phi) is 7.19. The van der Waals surface area contributed by atoms with Gasteiger partial charge in [-0.25, -0.2) is 0 Å². The van der Waals surface area contributed by atoms with Crippen molar-refractivity contribution in [3.05, 3.63) is 23.2 Å². The third kappa shape index (κ3) is 6.60. The van der Waals surface area contributed by atoms with Crippen LogP contribution in [0.2, 0.25) is 5.02 Å². The van der Waals surface area contributed by atoms with E-state index < -0.39 is 0 Å². The Bertz CT molecular complexity index is 504. The molecule has 0 bridgehead atoms. The summed E-state index contributed by atoms with van der Waals surface area (Å²) in [5, 5.41) is 9.09. The van der Waals surface area contributed by atoms with Crippen molar-refractivity contribution in [2.75, 3.05) is 17.2 Å². The Hall–Kier alpha value is -1.59. The van der Waals surface area contributed by atoms with Crippen LogP contribution in [0.1, 0.15) is 33.6 Å². The van der Waals surface area contributed by atoms with Crippen LogP contribution < -0.4 is 16.0 Å². The second-order valence-electron chi connectivity index (χ2n) is 5.00. The summed E-state index contributed by atoms with van der Waals surface area (Å²) < 4.78 is 0. The molecule has 0 saturated carbocycles. The maximum atomic E-state index is 11.8. The van der Waals surface area contributed by atoms with Crippen LogP contribution in [-0.2, 0) is 9.59 Å². The van der Waals surface area contributed by atoms with E-state index in [1.165, 1.54) is 0 Å². The number of carbonyl (C=O) groups is 2. The highest BCUT2D eigenvalue weighted by atomic mass is 35.5.